The predicted molar refractivity (Wildman–Crippen MR) is 87.1 cm³/mol. The molecule has 114 valence electrons. The summed E-state index contributed by atoms with van der Waals surface area (Å²) in [5.74, 6) is 0.675. The second kappa shape index (κ2) is 7.36. The first-order chi connectivity index (χ1) is 10.7. The van der Waals surface area contributed by atoms with Crippen molar-refractivity contribution in [1.82, 2.24) is 19.4 Å². The number of hydrogen-bond acceptors (Lipinski definition) is 3. The summed E-state index contributed by atoms with van der Waals surface area (Å²) in [6.07, 6.45) is 8.61. The maximum absolute atomic E-state index is 12.7. The van der Waals surface area contributed by atoms with E-state index in [1.54, 1.807) is 35.6 Å². The highest BCUT2D eigenvalue weighted by atomic mass is 16.2. The molecule has 2 heterocycles. The van der Waals surface area contributed by atoms with Crippen LogP contribution in [0.4, 0.5) is 0 Å². The van der Waals surface area contributed by atoms with Crippen LogP contribution in [0.1, 0.15) is 13.0 Å². The minimum absolute atomic E-state index is 0.00465. The minimum atomic E-state index is -0.376. The molecule has 1 atom stereocenters. The number of nitrogens with zero attached hydrogens (tertiary/aromatic N) is 4. The first kappa shape index (κ1) is 15.7. The van der Waals surface area contributed by atoms with Gasteiger partial charge in [-0.05, 0) is 19.1 Å². The second-order valence-electron chi connectivity index (χ2n) is 4.87. The molecule has 5 heteroatoms. The lowest BCUT2D eigenvalue weighted by Crippen LogP contribution is -2.36. The molecule has 0 saturated carbocycles. The Morgan fingerprint density at radius 1 is 1.27 bits per heavy atom. The van der Waals surface area contributed by atoms with Gasteiger partial charge in [0.25, 0.3) is 0 Å². The monoisotopic (exact) mass is 296 g/mol. The van der Waals surface area contributed by atoms with E-state index >= 15 is 0 Å². The van der Waals surface area contributed by atoms with Gasteiger partial charge in [-0.25, -0.2) is 4.98 Å². The molecule has 2 aromatic heterocycles. The topological polar surface area (TPSA) is 51.0 Å². The van der Waals surface area contributed by atoms with Crippen LogP contribution in [0.2, 0.25) is 0 Å². The van der Waals surface area contributed by atoms with E-state index in [0.717, 1.165) is 5.69 Å². The lowest BCUT2D eigenvalue weighted by Gasteiger charge is -2.24. The smallest absolute Gasteiger partial charge is 0.245 e. The highest BCUT2D eigenvalue weighted by Crippen LogP contribution is 2.20. The van der Waals surface area contributed by atoms with Crippen LogP contribution in [0, 0.1) is 0 Å². The van der Waals surface area contributed by atoms with E-state index in [1.165, 1.54) is 0 Å². The molecule has 0 radical (unpaired) electrons. The summed E-state index contributed by atoms with van der Waals surface area (Å²) >= 11 is 0. The van der Waals surface area contributed by atoms with Gasteiger partial charge in [-0.15, -0.1) is 13.2 Å². The van der Waals surface area contributed by atoms with E-state index < -0.39 is 0 Å². The molecule has 0 aliphatic rings. The third-order valence-corrected chi connectivity index (χ3v) is 3.35. The van der Waals surface area contributed by atoms with E-state index in [0.29, 0.717) is 18.9 Å². The van der Waals surface area contributed by atoms with E-state index in [1.807, 2.05) is 29.7 Å². The largest absolute Gasteiger partial charge is 0.333 e. The fourth-order valence-corrected chi connectivity index (χ4v) is 2.27. The van der Waals surface area contributed by atoms with Crippen LogP contribution in [0.15, 0.2) is 62.1 Å². The van der Waals surface area contributed by atoms with Gasteiger partial charge in [0, 0.05) is 31.7 Å². The zero-order chi connectivity index (χ0) is 15.9. The van der Waals surface area contributed by atoms with Crippen LogP contribution in [-0.4, -0.2) is 38.4 Å². The molecule has 1 unspecified atom stereocenters. The molecule has 5 nitrogen and oxygen atoms in total. The Kier molecular flexibility index (Phi) is 5.25. The van der Waals surface area contributed by atoms with Crippen LogP contribution in [0.3, 0.4) is 0 Å². The zero-order valence-electron chi connectivity index (χ0n) is 12.7. The summed E-state index contributed by atoms with van der Waals surface area (Å²) < 4.78 is 1.84. The molecule has 0 bridgehead atoms. The van der Waals surface area contributed by atoms with Crippen molar-refractivity contribution < 1.29 is 4.79 Å². The maximum Gasteiger partial charge on any atom is 0.245 e. The summed E-state index contributed by atoms with van der Waals surface area (Å²) in [6, 6.07) is 5.25. The van der Waals surface area contributed by atoms with Crippen molar-refractivity contribution >= 4 is 5.91 Å². The first-order valence-corrected chi connectivity index (χ1v) is 7.13. The number of carbonyl (C=O) groups excluding carboxylic acids is 1. The molecule has 2 rings (SSSR count). The van der Waals surface area contributed by atoms with Crippen LogP contribution in [0.25, 0.3) is 11.5 Å². The summed E-state index contributed by atoms with van der Waals surface area (Å²) in [6.45, 7) is 10.2. The van der Waals surface area contributed by atoms with Crippen molar-refractivity contribution in [2.24, 2.45) is 0 Å². The Balaban J connectivity index is 2.28. The van der Waals surface area contributed by atoms with Gasteiger partial charge in [0.05, 0.1) is 0 Å². The predicted octanol–water partition coefficient (Wildman–Crippen LogP) is 2.71. The molecule has 22 heavy (non-hydrogen) atoms. The highest BCUT2D eigenvalue weighted by molar-refractivity contribution is 5.81. The fraction of sp³-hybridized carbons (Fsp3) is 0.235. The van der Waals surface area contributed by atoms with Crippen molar-refractivity contribution in [3.05, 3.63) is 62.1 Å². The van der Waals surface area contributed by atoms with Gasteiger partial charge >= 0.3 is 0 Å². The number of hydrogen-bond donors (Lipinski definition) is 0. The zero-order valence-corrected chi connectivity index (χ0v) is 12.7. The standard InChI is InChI=1S/C17H20N4O/c1-4-11-20(12-5-2)17(22)14(3)21-13-10-19-16(21)15-8-6-7-9-18-15/h4-10,13-14H,1-2,11-12H2,3H3. The van der Waals surface area contributed by atoms with Crippen LogP contribution >= 0.6 is 0 Å². The molecule has 0 N–H and O–H groups in total. The van der Waals surface area contributed by atoms with Crippen molar-refractivity contribution in [3.8, 4) is 11.5 Å². The second-order valence-corrected chi connectivity index (χ2v) is 4.87. The Morgan fingerprint density at radius 2 is 2.00 bits per heavy atom. The molecule has 0 saturated heterocycles. The molecule has 0 aliphatic carbocycles. The summed E-state index contributed by atoms with van der Waals surface area (Å²) in [5, 5.41) is 0. The van der Waals surface area contributed by atoms with Crippen LogP contribution < -0.4 is 0 Å². The lowest BCUT2D eigenvalue weighted by atomic mass is 10.2. The third kappa shape index (κ3) is 3.31. The van der Waals surface area contributed by atoms with Gasteiger partial charge in [0.2, 0.25) is 5.91 Å². The average molecular weight is 296 g/mol. The summed E-state index contributed by atoms with van der Waals surface area (Å²) in [4.78, 5) is 23.0. The Hall–Kier alpha value is -2.69. The minimum Gasteiger partial charge on any atom is -0.333 e. The lowest BCUT2D eigenvalue weighted by molar-refractivity contribution is -0.133. The number of aromatic nitrogens is 3. The third-order valence-electron chi connectivity index (χ3n) is 3.35. The van der Waals surface area contributed by atoms with Crippen molar-refractivity contribution in [2.45, 2.75) is 13.0 Å². The Morgan fingerprint density at radius 3 is 2.59 bits per heavy atom. The first-order valence-electron chi connectivity index (χ1n) is 7.13. The van der Waals surface area contributed by atoms with Crippen LogP contribution in [0.5, 0.6) is 0 Å². The van der Waals surface area contributed by atoms with E-state index in [9.17, 15) is 4.79 Å². The fourth-order valence-electron chi connectivity index (χ4n) is 2.27. The Bertz CT molecular complexity index is 638. The molecule has 0 fully saturated rings. The molecule has 0 aromatic carbocycles. The van der Waals surface area contributed by atoms with E-state index in [4.69, 9.17) is 0 Å². The van der Waals surface area contributed by atoms with Gasteiger partial charge in [-0.2, -0.15) is 0 Å². The number of carbonyl (C=O) groups is 1. The number of rotatable bonds is 7. The number of pyridine rings is 1. The normalized spacial score (nSPS) is 11.7. The number of imidazole rings is 1. The quantitative estimate of drug-likeness (QED) is 0.738. The molecule has 2 aromatic rings. The van der Waals surface area contributed by atoms with Crippen molar-refractivity contribution in [1.29, 1.82) is 0 Å². The molecular weight excluding hydrogens is 276 g/mol. The molecule has 1 amide bonds. The molecule has 0 spiro atoms. The summed E-state index contributed by atoms with van der Waals surface area (Å²) in [5.41, 5.74) is 0.742. The van der Waals surface area contributed by atoms with Crippen molar-refractivity contribution in [3.63, 3.8) is 0 Å². The average Bonchev–Trinajstić information content (AvgIpc) is 3.03. The molecular formula is C17H20N4O. The van der Waals surface area contributed by atoms with Gasteiger partial charge in [-0.1, -0.05) is 18.2 Å². The van der Waals surface area contributed by atoms with E-state index in [2.05, 4.69) is 23.1 Å². The maximum atomic E-state index is 12.7. The van der Waals surface area contributed by atoms with Gasteiger partial charge in [0.1, 0.15) is 11.7 Å². The molecule has 0 aliphatic heterocycles. The van der Waals surface area contributed by atoms with Crippen LogP contribution in [-0.2, 0) is 4.79 Å². The van der Waals surface area contributed by atoms with Gasteiger partial charge < -0.3 is 9.47 Å². The van der Waals surface area contributed by atoms with Gasteiger partial charge in [0.15, 0.2) is 5.82 Å². The SMILES string of the molecule is C=CCN(CC=C)C(=O)C(C)n1ccnc1-c1ccccn1. The Labute approximate surface area is 130 Å². The summed E-state index contributed by atoms with van der Waals surface area (Å²) in [7, 11) is 0. The number of amides is 1. The van der Waals surface area contributed by atoms with E-state index in [-0.39, 0.29) is 11.9 Å². The van der Waals surface area contributed by atoms with Gasteiger partial charge in [-0.3, -0.25) is 9.78 Å². The van der Waals surface area contributed by atoms with Crippen molar-refractivity contribution in [2.75, 3.05) is 13.1 Å². The highest BCUT2D eigenvalue weighted by Gasteiger charge is 2.23.